The molecule has 0 bridgehead atoms. The molecule has 0 atom stereocenters. The molecule has 1 aromatic carbocycles. The van der Waals surface area contributed by atoms with Crippen LogP contribution in [-0.4, -0.2) is 52.2 Å². The van der Waals surface area contributed by atoms with Crippen LogP contribution in [0.3, 0.4) is 0 Å². The van der Waals surface area contributed by atoms with Crippen LogP contribution in [0.15, 0.2) is 33.8 Å². The summed E-state index contributed by atoms with van der Waals surface area (Å²) in [5.74, 6) is 0.864. The fourth-order valence-corrected chi connectivity index (χ4v) is 3.74. The van der Waals surface area contributed by atoms with E-state index in [2.05, 4.69) is 19.9 Å². The normalized spacial score (nSPS) is 15.6. The van der Waals surface area contributed by atoms with Crippen LogP contribution in [0, 0.1) is 13.8 Å². The van der Waals surface area contributed by atoms with Crippen molar-refractivity contribution in [3.05, 3.63) is 51.9 Å². The molecule has 1 saturated heterocycles. The maximum Gasteiger partial charge on any atom is 0.261 e. The van der Waals surface area contributed by atoms with Gasteiger partial charge in [0.15, 0.2) is 0 Å². The highest BCUT2D eigenvalue weighted by Gasteiger charge is 2.20. The number of rotatable bonds is 5. The summed E-state index contributed by atoms with van der Waals surface area (Å²) in [5.41, 5.74) is 3.15. The molecule has 7 nitrogen and oxygen atoms in total. The second kappa shape index (κ2) is 7.90. The van der Waals surface area contributed by atoms with Crippen molar-refractivity contribution in [3.63, 3.8) is 0 Å². The molecule has 3 aromatic rings. The molecule has 0 spiro atoms. The van der Waals surface area contributed by atoms with Gasteiger partial charge in [0.2, 0.25) is 0 Å². The zero-order valence-electron chi connectivity index (χ0n) is 16.4. The third-order valence-electron chi connectivity index (χ3n) is 5.44. The van der Waals surface area contributed by atoms with Crippen LogP contribution in [0.2, 0.25) is 0 Å². The molecule has 154 valence electrons. The molecule has 0 unspecified atom stereocenters. The van der Waals surface area contributed by atoms with Gasteiger partial charge in [-0.15, -0.1) is 0 Å². The van der Waals surface area contributed by atoms with Gasteiger partial charge in [-0.2, -0.15) is 0 Å². The van der Waals surface area contributed by atoms with Crippen molar-refractivity contribution in [2.45, 2.75) is 33.4 Å². The molecule has 1 fully saturated rings. The summed E-state index contributed by atoms with van der Waals surface area (Å²) in [6.07, 6.45) is -1.39. The SMILES string of the molecule is Cc1noc(C)c1CN1CCN(c2ccc3c(=O)n(CC(F)F)cnc3c2)CC1. The molecule has 0 N–H and O–H groups in total. The first-order chi connectivity index (χ1) is 13.9. The Morgan fingerprint density at radius 3 is 2.59 bits per heavy atom. The minimum Gasteiger partial charge on any atom is -0.369 e. The smallest absolute Gasteiger partial charge is 0.261 e. The lowest BCUT2D eigenvalue weighted by molar-refractivity contribution is 0.125. The van der Waals surface area contributed by atoms with Crippen LogP contribution in [0.25, 0.3) is 10.9 Å². The summed E-state index contributed by atoms with van der Waals surface area (Å²) in [5, 5.41) is 4.37. The number of benzene rings is 1. The van der Waals surface area contributed by atoms with E-state index in [1.54, 1.807) is 6.07 Å². The van der Waals surface area contributed by atoms with Crippen molar-refractivity contribution in [2.24, 2.45) is 0 Å². The first kappa shape index (κ1) is 19.5. The molecule has 4 rings (SSSR count). The Kier molecular flexibility index (Phi) is 5.31. The van der Waals surface area contributed by atoms with E-state index in [9.17, 15) is 13.6 Å². The highest BCUT2D eigenvalue weighted by Crippen LogP contribution is 2.22. The topological polar surface area (TPSA) is 67.4 Å². The predicted octanol–water partition coefficient (Wildman–Crippen LogP) is 2.59. The summed E-state index contributed by atoms with van der Waals surface area (Å²) < 4.78 is 31.4. The van der Waals surface area contributed by atoms with Gasteiger partial charge in [-0.3, -0.25) is 14.3 Å². The van der Waals surface area contributed by atoms with Gasteiger partial charge in [-0.1, -0.05) is 5.16 Å². The minimum atomic E-state index is -2.59. The third-order valence-corrected chi connectivity index (χ3v) is 5.44. The number of hydrogen-bond acceptors (Lipinski definition) is 6. The number of anilines is 1. The second-order valence-corrected chi connectivity index (χ2v) is 7.36. The van der Waals surface area contributed by atoms with E-state index < -0.39 is 18.5 Å². The number of fused-ring (bicyclic) bond motifs is 1. The van der Waals surface area contributed by atoms with Crippen molar-refractivity contribution in [2.75, 3.05) is 31.1 Å². The molecule has 2 aromatic heterocycles. The van der Waals surface area contributed by atoms with Gasteiger partial charge in [0, 0.05) is 44.0 Å². The van der Waals surface area contributed by atoms with Crippen molar-refractivity contribution >= 4 is 16.6 Å². The maximum atomic E-state index is 12.6. The zero-order valence-corrected chi connectivity index (χ0v) is 16.4. The fraction of sp³-hybridized carbons (Fsp3) is 0.450. The number of piperazine rings is 1. The van der Waals surface area contributed by atoms with Gasteiger partial charge in [-0.25, -0.2) is 13.8 Å². The summed E-state index contributed by atoms with van der Waals surface area (Å²) in [7, 11) is 0. The van der Waals surface area contributed by atoms with Crippen LogP contribution in [0.4, 0.5) is 14.5 Å². The first-order valence-electron chi connectivity index (χ1n) is 9.59. The van der Waals surface area contributed by atoms with Crippen LogP contribution in [0.1, 0.15) is 17.0 Å². The van der Waals surface area contributed by atoms with E-state index in [4.69, 9.17) is 4.52 Å². The average Bonchev–Trinajstić information content (AvgIpc) is 3.02. The van der Waals surface area contributed by atoms with Crippen LogP contribution in [-0.2, 0) is 13.1 Å². The number of aryl methyl sites for hydroxylation is 2. The van der Waals surface area contributed by atoms with Gasteiger partial charge in [0.05, 0.1) is 29.5 Å². The number of aromatic nitrogens is 3. The molecule has 9 heteroatoms. The lowest BCUT2D eigenvalue weighted by Gasteiger charge is -2.36. The molecule has 0 amide bonds. The molecule has 0 saturated carbocycles. The molecule has 0 radical (unpaired) electrons. The zero-order chi connectivity index (χ0) is 20.5. The highest BCUT2D eigenvalue weighted by atomic mass is 19.3. The highest BCUT2D eigenvalue weighted by molar-refractivity contribution is 5.81. The van der Waals surface area contributed by atoms with Crippen molar-refractivity contribution in [3.8, 4) is 0 Å². The number of halogens is 2. The lowest BCUT2D eigenvalue weighted by Crippen LogP contribution is -2.46. The minimum absolute atomic E-state index is 0.356. The molecule has 29 heavy (non-hydrogen) atoms. The number of hydrogen-bond donors (Lipinski definition) is 0. The van der Waals surface area contributed by atoms with Crippen molar-refractivity contribution in [1.29, 1.82) is 0 Å². The van der Waals surface area contributed by atoms with Crippen LogP contribution < -0.4 is 10.5 Å². The van der Waals surface area contributed by atoms with E-state index in [0.717, 1.165) is 60.0 Å². The standard InChI is InChI=1S/C20H23F2N5O2/c1-13-17(14(2)29-24-13)10-25-5-7-26(8-6-25)15-3-4-16-18(9-15)23-12-27(20(16)28)11-19(21)22/h3-4,9,12,19H,5-8,10-11H2,1-2H3. The third kappa shape index (κ3) is 4.00. The van der Waals surface area contributed by atoms with E-state index in [-0.39, 0.29) is 0 Å². The van der Waals surface area contributed by atoms with Crippen LogP contribution in [0.5, 0.6) is 0 Å². The Hall–Kier alpha value is -2.81. The van der Waals surface area contributed by atoms with Crippen LogP contribution >= 0.6 is 0 Å². The molecule has 3 heterocycles. The average molecular weight is 403 g/mol. The molecule has 1 aliphatic rings. The van der Waals surface area contributed by atoms with Gasteiger partial charge >= 0.3 is 0 Å². The number of nitrogens with zero attached hydrogens (tertiary/aromatic N) is 5. The Morgan fingerprint density at radius 1 is 1.17 bits per heavy atom. The van der Waals surface area contributed by atoms with Crippen molar-refractivity contribution in [1.82, 2.24) is 19.6 Å². The van der Waals surface area contributed by atoms with Crippen molar-refractivity contribution < 1.29 is 13.3 Å². The monoisotopic (exact) mass is 403 g/mol. The van der Waals surface area contributed by atoms with E-state index >= 15 is 0 Å². The Morgan fingerprint density at radius 2 is 1.93 bits per heavy atom. The lowest BCUT2D eigenvalue weighted by atomic mass is 10.1. The number of alkyl halides is 2. The van der Waals surface area contributed by atoms with E-state index in [1.807, 2.05) is 26.0 Å². The quantitative estimate of drug-likeness (QED) is 0.652. The first-order valence-corrected chi connectivity index (χ1v) is 9.59. The van der Waals surface area contributed by atoms with Gasteiger partial charge < -0.3 is 9.42 Å². The fourth-order valence-electron chi connectivity index (χ4n) is 3.74. The molecular weight excluding hydrogens is 380 g/mol. The van der Waals surface area contributed by atoms with E-state index in [0.29, 0.717) is 10.9 Å². The molecule has 1 aliphatic heterocycles. The van der Waals surface area contributed by atoms with E-state index in [1.165, 1.54) is 6.33 Å². The summed E-state index contributed by atoms with van der Waals surface area (Å²) in [6.45, 7) is 7.54. The Labute approximate surface area is 166 Å². The summed E-state index contributed by atoms with van der Waals surface area (Å²) in [6, 6.07) is 5.40. The predicted molar refractivity (Wildman–Crippen MR) is 105 cm³/mol. The molecular formula is C20H23F2N5O2. The Bertz CT molecular complexity index is 1050. The van der Waals surface area contributed by atoms with Gasteiger partial charge in [-0.05, 0) is 32.0 Å². The summed E-state index contributed by atoms with van der Waals surface area (Å²) in [4.78, 5) is 21.2. The maximum absolute atomic E-state index is 12.6. The second-order valence-electron chi connectivity index (χ2n) is 7.36. The Balaban J connectivity index is 1.46. The summed E-state index contributed by atoms with van der Waals surface area (Å²) >= 11 is 0. The van der Waals surface area contributed by atoms with Gasteiger partial charge in [0.25, 0.3) is 12.0 Å². The van der Waals surface area contributed by atoms with Gasteiger partial charge in [0.1, 0.15) is 5.76 Å². The molecule has 0 aliphatic carbocycles. The largest absolute Gasteiger partial charge is 0.369 e.